The first-order valence-corrected chi connectivity index (χ1v) is 4.48. The zero-order valence-corrected chi connectivity index (χ0v) is 7.42. The summed E-state index contributed by atoms with van der Waals surface area (Å²) in [5.74, 6) is 0.645. The zero-order chi connectivity index (χ0) is 8.39. The van der Waals surface area contributed by atoms with Crippen molar-refractivity contribution in [3.05, 3.63) is 35.4 Å². The minimum Gasteiger partial charge on any atom is -0.384 e. The number of hydrogen-bond donors (Lipinski definition) is 0. The first-order valence-electron chi connectivity index (χ1n) is 4.48. The van der Waals surface area contributed by atoms with Crippen LogP contribution in [0.15, 0.2) is 24.3 Å². The van der Waals surface area contributed by atoms with E-state index in [-0.39, 0.29) is 0 Å². The Hall–Kier alpha value is -0.820. The van der Waals surface area contributed by atoms with E-state index in [1.165, 1.54) is 24.0 Å². The van der Waals surface area contributed by atoms with Crippen LogP contribution in [0.25, 0.3) is 0 Å². The molecule has 0 amide bonds. The molecule has 0 aromatic heterocycles. The number of rotatable bonds is 2. The van der Waals surface area contributed by atoms with E-state index in [1.807, 2.05) is 0 Å². The molecule has 64 valence electrons. The van der Waals surface area contributed by atoms with E-state index in [0.29, 0.717) is 5.92 Å². The predicted molar refractivity (Wildman–Crippen MR) is 49.4 cm³/mol. The molecule has 1 heteroatoms. The minimum atomic E-state index is 0.645. The molecule has 0 aliphatic heterocycles. The number of hydrogen-bond acceptors (Lipinski definition) is 1. The minimum absolute atomic E-state index is 0.645. The molecule has 0 spiro atoms. The molecule has 0 heterocycles. The molecule has 0 saturated carbocycles. The smallest absolute Gasteiger partial charge is 0.0531 e. The van der Waals surface area contributed by atoms with Gasteiger partial charge in [0.15, 0.2) is 0 Å². The number of aryl methyl sites for hydroxylation is 1. The summed E-state index contributed by atoms with van der Waals surface area (Å²) in [5, 5.41) is 0. The quantitative estimate of drug-likeness (QED) is 0.648. The van der Waals surface area contributed by atoms with Crippen molar-refractivity contribution in [1.82, 2.24) is 0 Å². The highest BCUT2D eigenvalue weighted by molar-refractivity contribution is 5.34. The average molecular weight is 162 g/mol. The third-order valence-corrected chi connectivity index (χ3v) is 2.62. The van der Waals surface area contributed by atoms with Crippen LogP contribution in [0.5, 0.6) is 0 Å². The summed E-state index contributed by atoms with van der Waals surface area (Å²) >= 11 is 0. The van der Waals surface area contributed by atoms with Crippen molar-refractivity contribution < 1.29 is 4.74 Å². The summed E-state index contributed by atoms with van der Waals surface area (Å²) in [6, 6.07) is 8.69. The van der Waals surface area contributed by atoms with Gasteiger partial charge in [0.25, 0.3) is 0 Å². The van der Waals surface area contributed by atoms with Crippen LogP contribution in [0.1, 0.15) is 23.5 Å². The topological polar surface area (TPSA) is 9.23 Å². The van der Waals surface area contributed by atoms with Crippen LogP contribution < -0.4 is 0 Å². The largest absolute Gasteiger partial charge is 0.384 e. The van der Waals surface area contributed by atoms with E-state index >= 15 is 0 Å². The van der Waals surface area contributed by atoms with Gasteiger partial charge in [-0.3, -0.25) is 0 Å². The van der Waals surface area contributed by atoms with Crippen molar-refractivity contribution in [1.29, 1.82) is 0 Å². The van der Waals surface area contributed by atoms with Crippen molar-refractivity contribution in [2.24, 2.45) is 0 Å². The molecule has 1 aromatic carbocycles. The van der Waals surface area contributed by atoms with Crippen molar-refractivity contribution in [2.45, 2.75) is 18.8 Å². The van der Waals surface area contributed by atoms with Crippen molar-refractivity contribution in [3.63, 3.8) is 0 Å². The Morgan fingerprint density at radius 2 is 2.25 bits per heavy atom. The normalized spacial score (nSPS) is 20.9. The lowest BCUT2D eigenvalue weighted by atomic mass is 10.0. The number of methoxy groups -OCH3 is 1. The van der Waals surface area contributed by atoms with Crippen molar-refractivity contribution in [2.75, 3.05) is 13.7 Å². The SMILES string of the molecule is COCC1CCc2ccccc21. The highest BCUT2D eigenvalue weighted by atomic mass is 16.5. The molecular formula is C11H14O. The van der Waals surface area contributed by atoms with Crippen LogP contribution in [0.3, 0.4) is 0 Å². The first-order chi connectivity index (χ1) is 5.92. The number of ether oxygens (including phenoxy) is 1. The van der Waals surface area contributed by atoms with Gasteiger partial charge in [0.2, 0.25) is 0 Å². The second-order valence-electron chi connectivity index (χ2n) is 3.39. The molecule has 1 nitrogen and oxygen atoms in total. The lowest BCUT2D eigenvalue weighted by molar-refractivity contribution is 0.179. The number of fused-ring (bicyclic) bond motifs is 1. The third-order valence-electron chi connectivity index (χ3n) is 2.62. The van der Waals surface area contributed by atoms with Gasteiger partial charge < -0.3 is 4.74 Å². The van der Waals surface area contributed by atoms with Crippen molar-refractivity contribution >= 4 is 0 Å². The Morgan fingerprint density at radius 1 is 1.42 bits per heavy atom. The molecule has 1 aliphatic carbocycles. The maximum absolute atomic E-state index is 5.18. The van der Waals surface area contributed by atoms with Crippen LogP contribution in [0.2, 0.25) is 0 Å². The average Bonchev–Trinajstić information content (AvgIpc) is 2.50. The molecule has 0 N–H and O–H groups in total. The fraction of sp³-hybridized carbons (Fsp3) is 0.455. The highest BCUT2D eigenvalue weighted by Crippen LogP contribution is 2.32. The Balaban J connectivity index is 2.24. The molecule has 1 aromatic rings. The van der Waals surface area contributed by atoms with E-state index in [2.05, 4.69) is 24.3 Å². The van der Waals surface area contributed by atoms with Gasteiger partial charge in [-0.15, -0.1) is 0 Å². The lowest BCUT2D eigenvalue weighted by Gasteiger charge is -2.08. The summed E-state index contributed by atoms with van der Waals surface area (Å²) < 4.78 is 5.18. The van der Waals surface area contributed by atoms with Gasteiger partial charge in [-0.2, -0.15) is 0 Å². The lowest BCUT2D eigenvalue weighted by Crippen LogP contribution is -2.01. The summed E-state index contributed by atoms with van der Waals surface area (Å²) in [6.45, 7) is 0.872. The molecule has 0 bridgehead atoms. The Bertz CT molecular complexity index is 265. The van der Waals surface area contributed by atoms with Gasteiger partial charge in [0.05, 0.1) is 6.61 Å². The van der Waals surface area contributed by atoms with Crippen LogP contribution in [-0.2, 0) is 11.2 Å². The van der Waals surface area contributed by atoms with Gasteiger partial charge in [-0.25, -0.2) is 0 Å². The summed E-state index contributed by atoms with van der Waals surface area (Å²) in [6.07, 6.45) is 2.48. The van der Waals surface area contributed by atoms with Gasteiger partial charge in [-0.1, -0.05) is 24.3 Å². The van der Waals surface area contributed by atoms with Crippen LogP contribution >= 0.6 is 0 Å². The molecule has 1 unspecified atom stereocenters. The fourth-order valence-corrected chi connectivity index (χ4v) is 2.02. The highest BCUT2D eigenvalue weighted by Gasteiger charge is 2.20. The monoisotopic (exact) mass is 162 g/mol. The van der Waals surface area contributed by atoms with E-state index in [1.54, 1.807) is 7.11 Å². The van der Waals surface area contributed by atoms with Crippen LogP contribution in [0.4, 0.5) is 0 Å². The summed E-state index contributed by atoms with van der Waals surface area (Å²) in [7, 11) is 1.78. The fourth-order valence-electron chi connectivity index (χ4n) is 2.02. The molecule has 0 fully saturated rings. The Labute approximate surface area is 73.4 Å². The van der Waals surface area contributed by atoms with Crippen LogP contribution in [-0.4, -0.2) is 13.7 Å². The second-order valence-corrected chi connectivity index (χ2v) is 3.39. The Kier molecular flexibility index (Phi) is 2.13. The first kappa shape index (κ1) is 7.81. The van der Waals surface area contributed by atoms with Gasteiger partial charge in [0, 0.05) is 13.0 Å². The second kappa shape index (κ2) is 3.28. The maximum Gasteiger partial charge on any atom is 0.0531 e. The zero-order valence-electron chi connectivity index (χ0n) is 7.42. The Morgan fingerprint density at radius 3 is 3.08 bits per heavy atom. The van der Waals surface area contributed by atoms with Crippen LogP contribution in [0, 0.1) is 0 Å². The molecular weight excluding hydrogens is 148 g/mol. The van der Waals surface area contributed by atoms with E-state index in [4.69, 9.17) is 4.74 Å². The third kappa shape index (κ3) is 1.25. The summed E-state index contributed by atoms with van der Waals surface area (Å²) in [5.41, 5.74) is 3.01. The predicted octanol–water partition coefficient (Wildman–Crippen LogP) is 2.36. The van der Waals surface area contributed by atoms with Gasteiger partial charge >= 0.3 is 0 Å². The van der Waals surface area contributed by atoms with Crippen molar-refractivity contribution in [3.8, 4) is 0 Å². The number of benzene rings is 1. The molecule has 0 saturated heterocycles. The summed E-state index contributed by atoms with van der Waals surface area (Å²) in [4.78, 5) is 0. The molecule has 0 radical (unpaired) electrons. The van der Waals surface area contributed by atoms with Gasteiger partial charge in [-0.05, 0) is 24.0 Å². The van der Waals surface area contributed by atoms with E-state index in [9.17, 15) is 0 Å². The van der Waals surface area contributed by atoms with E-state index in [0.717, 1.165) is 6.61 Å². The molecule has 12 heavy (non-hydrogen) atoms. The van der Waals surface area contributed by atoms with E-state index < -0.39 is 0 Å². The molecule has 2 rings (SSSR count). The molecule has 1 atom stereocenters. The maximum atomic E-state index is 5.18. The van der Waals surface area contributed by atoms with Gasteiger partial charge in [0.1, 0.15) is 0 Å². The standard InChI is InChI=1S/C11H14O/c1-12-8-10-7-6-9-4-2-3-5-11(9)10/h2-5,10H,6-8H2,1H3. The molecule has 1 aliphatic rings.